The molecule has 6 nitrogen and oxygen atoms in total. The van der Waals surface area contributed by atoms with Crippen molar-refractivity contribution in [1.82, 2.24) is 5.43 Å². The van der Waals surface area contributed by atoms with Gasteiger partial charge in [0.05, 0.1) is 19.2 Å². The maximum Gasteiger partial charge on any atom is 0.230 e. The lowest BCUT2D eigenvalue weighted by Gasteiger charge is -2.09. The van der Waals surface area contributed by atoms with Gasteiger partial charge in [0.15, 0.2) is 5.11 Å². The van der Waals surface area contributed by atoms with E-state index in [1.54, 1.807) is 26.2 Å². The van der Waals surface area contributed by atoms with Gasteiger partial charge in [-0.1, -0.05) is 12.1 Å². The monoisotopic (exact) mass is 280 g/mol. The average Bonchev–Trinajstić information content (AvgIpc) is 2.37. The molecule has 0 spiro atoms. The van der Waals surface area contributed by atoms with Crippen molar-refractivity contribution in [2.75, 3.05) is 12.4 Å². The van der Waals surface area contributed by atoms with E-state index in [1.807, 2.05) is 12.1 Å². The van der Waals surface area contributed by atoms with E-state index in [1.165, 1.54) is 0 Å². The van der Waals surface area contributed by atoms with Crippen LogP contribution in [0.2, 0.25) is 0 Å². The molecule has 0 radical (unpaired) electrons. The van der Waals surface area contributed by atoms with Crippen molar-refractivity contribution >= 4 is 34.6 Å². The molecule has 0 aliphatic heterocycles. The number of methoxy groups -OCH3 is 1. The Morgan fingerprint density at radius 3 is 2.79 bits per heavy atom. The van der Waals surface area contributed by atoms with Crippen molar-refractivity contribution in [2.45, 2.75) is 13.3 Å². The molecule has 0 aliphatic carbocycles. The Morgan fingerprint density at radius 2 is 2.16 bits per heavy atom. The Kier molecular flexibility index (Phi) is 5.74. The SMILES string of the molecule is COc1ccccc1NC(=O)CC(C)=NNC(N)=S. The molecular formula is C12H16N4O2S. The van der Waals surface area contributed by atoms with Crippen molar-refractivity contribution in [3.8, 4) is 5.75 Å². The highest BCUT2D eigenvalue weighted by Gasteiger charge is 2.08. The van der Waals surface area contributed by atoms with Crippen LogP contribution in [0.4, 0.5) is 5.69 Å². The van der Waals surface area contributed by atoms with Crippen molar-refractivity contribution in [3.05, 3.63) is 24.3 Å². The zero-order chi connectivity index (χ0) is 14.3. The highest BCUT2D eigenvalue weighted by molar-refractivity contribution is 7.80. The third-order valence-electron chi connectivity index (χ3n) is 2.15. The van der Waals surface area contributed by atoms with Gasteiger partial charge in [-0.05, 0) is 31.3 Å². The number of thiocarbonyl (C=S) groups is 1. The van der Waals surface area contributed by atoms with Crippen molar-refractivity contribution < 1.29 is 9.53 Å². The zero-order valence-corrected chi connectivity index (χ0v) is 11.6. The van der Waals surface area contributed by atoms with Gasteiger partial charge in [-0.25, -0.2) is 0 Å². The fourth-order valence-electron chi connectivity index (χ4n) is 1.36. The molecule has 7 heteroatoms. The summed E-state index contributed by atoms with van der Waals surface area (Å²) in [4.78, 5) is 11.8. The summed E-state index contributed by atoms with van der Waals surface area (Å²) in [5.41, 5.74) is 8.84. The Hall–Kier alpha value is -2.15. The zero-order valence-electron chi connectivity index (χ0n) is 10.8. The third kappa shape index (κ3) is 5.35. The van der Waals surface area contributed by atoms with Crippen LogP contribution in [0, 0.1) is 0 Å². The number of para-hydroxylation sites is 2. The number of nitrogens with one attached hydrogen (secondary N) is 2. The molecule has 1 aromatic carbocycles. The molecule has 19 heavy (non-hydrogen) atoms. The molecule has 0 aromatic heterocycles. The average molecular weight is 280 g/mol. The predicted octanol–water partition coefficient (Wildman–Crippen LogP) is 1.23. The Morgan fingerprint density at radius 1 is 1.47 bits per heavy atom. The molecule has 0 saturated carbocycles. The van der Waals surface area contributed by atoms with Crippen LogP contribution >= 0.6 is 12.2 Å². The van der Waals surface area contributed by atoms with Crippen LogP contribution in [0.3, 0.4) is 0 Å². The Bertz CT molecular complexity index is 502. The maximum absolute atomic E-state index is 11.8. The lowest BCUT2D eigenvalue weighted by molar-refractivity contribution is -0.115. The summed E-state index contributed by atoms with van der Waals surface area (Å²) in [7, 11) is 1.55. The van der Waals surface area contributed by atoms with Crippen LogP contribution in [0.1, 0.15) is 13.3 Å². The lowest BCUT2D eigenvalue weighted by atomic mass is 10.2. The number of carbonyl (C=O) groups is 1. The lowest BCUT2D eigenvalue weighted by Crippen LogP contribution is -2.26. The second kappa shape index (κ2) is 7.32. The van der Waals surface area contributed by atoms with Gasteiger partial charge in [-0.15, -0.1) is 0 Å². The summed E-state index contributed by atoms with van der Waals surface area (Å²) in [5, 5.41) is 6.66. The number of hydrogen-bond acceptors (Lipinski definition) is 4. The van der Waals surface area contributed by atoms with E-state index in [9.17, 15) is 4.79 Å². The standard InChI is InChI=1S/C12H16N4O2S/c1-8(15-16-12(13)19)7-11(17)14-9-5-3-4-6-10(9)18-2/h3-6H,7H2,1-2H3,(H,14,17)(H3,13,16,19). The van der Waals surface area contributed by atoms with Crippen LogP contribution < -0.4 is 21.2 Å². The number of nitrogens with two attached hydrogens (primary N) is 1. The number of ether oxygens (including phenoxy) is 1. The first-order valence-corrected chi connectivity index (χ1v) is 5.95. The number of anilines is 1. The van der Waals surface area contributed by atoms with Crippen LogP contribution in [0.5, 0.6) is 5.75 Å². The summed E-state index contributed by atoms with van der Waals surface area (Å²) in [5.74, 6) is 0.405. The van der Waals surface area contributed by atoms with Gasteiger partial charge in [0.1, 0.15) is 5.75 Å². The number of nitrogens with zero attached hydrogens (tertiary/aromatic N) is 1. The Balaban J connectivity index is 2.60. The van der Waals surface area contributed by atoms with Crippen LogP contribution in [0.15, 0.2) is 29.4 Å². The summed E-state index contributed by atoms with van der Waals surface area (Å²) < 4.78 is 5.14. The molecule has 0 aliphatic rings. The molecule has 4 N–H and O–H groups in total. The minimum Gasteiger partial charge on any atom is -0.495 e. The highest BCUT2D eigenvalue weighted by Crippen LogP contribution is 2.22. The topological polar surface area (TPSA) is 88.7 Å². The summed E-state index contributed by atoms with van der Waals surface area (Å²) in [6.45, 7) is 1.70. The molecule has 0 bridgehead atoms. The van der Waals surface area contributed by atoms with Crippen molar-refractivity contribution in [2.24, 2.45) is 10.8 Å². The van der Waals surface area contributed by atoms with Gasteiger partial charge in [0.2, 0.25) is 5.91 Å². The summed E-state index contributed by atoms with van der Waals surface area (Å²) in [6, 6.07) is 7.17. The molecule has 0 heterocycles. The van der Waals surface area contributed by atoms with Crippen molar-refractivity contribution in [1.29, 1.82) is 0 Å². The van der Waals surface area contributed by atoms with E-state index < -0.39 is 0 Å². The number of hydrogen-bond donors (Lipinski definition) is 3. The Labute approximate surface area is 117 Å². The molecule has 1 aromatic rings. The second-order valence-electron chi connectivity index (χ2n) is 3.75. The van der Waals surface area contributed by atoms with Crippen LogP contribution in [-0.2, 0) is 4.79 Å². The fraction of sp³-hybridized carbons (Fsp3) is 0.250. The number of hydrazone groups is 1. The van der Waals surface area contributed by atoms with Crippen molar-refractivity contribution in [3.63, 3.8) is 0 Å². The van der Waals surface area contributed by atoms with E-state index in [0.717, 1.165) is 0 Å². The van der Waals surface area contributed by atoms with Crippen LogP contribution in [0.25, 0.3) is 0 Å². The van der Waals surface area contributed by atoms with E-state index in [0.29, 0.717) is 17.1 Å². The van der Waals surface area contributed by atoms with E-state index in [4.69, 9.17) is 10.5 Å². The van der Waals surface area contributed by atoms with Gasteiger partial charge >= 0.3 is 0 Å². The first-order valence-electron chi connectivity index (χ1n) is 5.54. The number of rotatable bonds is 5. The molecule has 0 atom stereocenters. The largest absolute Gasteiger partial charge is 0.495 e. The molecule has 102 valence electrons. The quantitative estimate of drug-likeness (QED) is 0.429. The van der Waals surface area contributed by atoms with Gasteiger partial charge in [-0.3, -0.25) is 10.2 Å². The number of benzene rings is 1. The maximum atomic E-state index is 11.8. The van der Waals surface area contributed by atoms with Crippen LogP contribution in [-0.4, -0.2) is 23.8 Å². The normalized spacial score (nSPS) is 10.7. The molecule has 1 rings (SSSR count). The second-order valence-corrected chi connectivity index (χ2v) is 4.19. The van der Waals surface area contributed by atoms with Gasteiger partial charge < -0.3 is 15.8 Å². The molecule has 1 amide bonds. The van der Waals surface area contributed by atoms with Gasteiger partial charge in [0.25, 0.3) is 0 Å². The summed E-state index contributed by atoms with van der Waals surface area (Å²) in [6.07, 6.45) is 0.133. The minimum absolute atomic E-state index is 0.0597. The minimum atomic E-state index is -0.199. The van der Waals surface area contributed by atoms with Gasteiger partial charge in [-0.2, -0.15) is 5.10 Å². The van der Waals surface area contributed by atoms with Gasteiger partial charge in [0, 0.05) is 5.71 Å². The fourth-order valence-corrected chi connectivity index (χ4v) is 1.41. The molecule has 0 saturated heterocycles. The molecule has 0 fully saturated rings. The van der Waals surface area contributed by atoms with E-state index >= 15 is 0 Å². The highest BCUT2D eigenvalue weighted by atomic mass is 32.1. The number of carbonyl (C=O) groups excluding carboxylic acids is 1. The first kappa shape index (κ1) is 14.9. The van der Waals surface area contributed by atoms with E-state index in [2.05, 4.69) is 28.1 Å². The number of amides is 1. The smallest absolute Gasteiger partial charge is 0.230 e. The predicted molar refractivity (Wildman–Crippen MR) is 79.3 cm³/mol. The summed E-state index contributed by atoms with van der Waals surface area (Å²) >= 11 is 4.61. The molecule has 0 unspecified atom stereocenters. The van der Waals surface area contributed by atoms with E-state index in [-0.39, 0.29) is 17.4 Å². The first-order chi connectivity index (χ1) is 9.02. The molecular weight excluding hydrogens is 264 g/mol. The third-order valence-corrected chi connectivity index (χ3v) is 2.25.